The minimum Gasteiger partial charge on any atom is -0.365 e. The van der Waals surface area contributed by atoms with Crippen LogP contribution in [0.5, 0.6) is 0 Å². The Balaban J connectivity index is 2.11. The molecule has 3 heteroatoms. The first-order valence-corrected chi connectivity index (χ1v) is 5.67. The fraction of sp³-hybridized carbons (Fsp3) is 0.667. The quantitative estimate of drug-likeness (QED) is 0.596. The largest absolute Gasteiger partial charge is 0.365 e. The van der Waals surface area contributed by atoms with Crippen LogP contribution in [0.1, 0.15) is 26.0 Å². The van der Waals surface area contributed by atoms with E-state index in [-0.39, 0.29) is 0 Å². The maximum absolute atomic E-state index is 5.56. The molecule has 0 atom stereocenters. The fourth-order valence-corrected chi connectivity index (χ4v) is 1.65. The van der Waals surface area contributed by atoms with Crippen LogP contribution in [0.15, 0.2) is 18.3 Å². The van der Waals surface area contributed by atoms with Gasteiger partial charge in [-0.2, -0.15) is 0 Å². The molecule has 1 rings (SSSR count). The van der Waals surface area contributed by atoms with Gasteiger partial charge in [0.1, 0.15) is 0 Å². The highest BCUT2D eigenvalue weighted by Crippen LogP contribution is 2.17. The molecule has 0 unspecified atom stereocenters. The van der Waals surface area contributed by atoms with Gasteiger partial charge in [-0.1, -0.05) is 13.8 Å². The number of H-pyrrole nitrogens is 1. The van der Waals surface area contributed by atoms with E-state index >= 15 is 0 Å². The summed E-state index contributed by atoms with van der Waals surface area (Å²) < 4.78 is 0. The van der Waals surface area contributed by atoms with Gasteiger partial charge in [0.05, 0.1) is 0 Å². The first-order chi connectivity index (χ1) is 7.14. The van der Waals surface area contributed by atoms with Crippen molar-refractivity contribution in [2.24, 2.45) is 11.1 Å². The zero-order chi connectivity index (χ0) is 11.1. The summed E-state index contributed by atoms with van der Waals surface area (Å²) in [5, 5.41) is 3.47. The lowest BCUT2D eigenvalue weighted by molar-refractivity contribution is 0.320. The first-order valence-electron chi connectivity index (χ1n) is 5.67. The van der Waals surface area contributed by atoms with Crippen LogP contribution in [0, 0.1) is 5.41 Å². The van der Waals surface area contributed by atoms with Crippen molar-refractivity contribution in [2.75, 3.05) is 19.6 Å². The SMILES string of the molecule is CC(C)(CCN)CNCCc1ccc[nH]1. The topological polar surface area (TPSA) is 53.8 Å². The van der Waals surface area contributed by atoms with Gasteiger partial charge in [0.15, 0.2) is 0 Å². The van der Waals surface area contributed by atoms with Crippen LogP contribution < -0.4 is 11.1 Å². The maximum atomic E-state index is 5.56. The maximum Gasteiger partial charge on any atom is 0.0159 e. The number of hydrogen-bond donors (Lipinski definition) is 3. The van der Waals surface area contributed by atoms with E-state index in [0.29, 0.717) is 5.41 Å². The van der Waals surface area contributed by atoms with Gasteiger partial charge in [0, 0.05) is 25.0 Å². The Kier molecular flexibility index (Phi) is 4.85. The monoisotopic (exact) mass is 209 g/mol. The molecule has 0 spiro atoms. The predicted octanol–water partition coefficient (Wildman–Crippen LogP) is 1.52. The smallest absolute Gasteiger partial charge is 0.0159 e. The first kappa shape index (κ1) is 12.3. The summed E-state index contributed by atoms with van der Waals surface area (Å²) in [5.41, 5.74) is 7.16. The Labute approximate surface area is 92.4 Å². The fourth-order valence-electron chi connectivity index (χ4n) is 1.65. The van der Waals surface area contributed by atoms with Gasteiger partial charge in [0.2, 0.25) is 0 Å². The summed E-state index contributed by atoms with van der Waals surface area (Å²) >= 11 is 0. The average molecular weight is 209 g/mol. The Morgan fingerprint density at radius 2 is 2.27 bits per heavy atom. The molecule has 86 valence electrons. The zero-order valence-electron chi connectivity index (χ0n) is 9.84. The van der Waals surface area contributed by atoms with E-state index in [4.69, 9.17) is 5.73 Å². The van der Waals surface area contributed by atoms with Crippen molar-refractivity contribution in [2.45, 2.75) is 26.7 Å². The van der Waals surface area contributed by atoms with Crippen LogP contribution in [-0.2, 0) is 6.42 Å². The van der Waals surface area contributed by atoms with Crippen LogP contribution in [0.4, 0.5) is 0 Å². The highest BCUT2D eigenvalue weighted by molar-refractivity contribution is 5.03. The van der Waals surface area contributed by atoms with E-state index in [1.54, 1.807) is 0 Å². The minimum atomic E-state index is 0.310. The standard InChI is InChI=1S/C12H23N3/c1-12(2,6-7-13)10-14-9-5-11-4-3-8-15-11/h3-4,8,14-15H,5-7,9-10,13H2,1-2H3. The number of aromatic nitrogens is 1. The Morgan fingerprint density at radius 1 is 1.47 bits per heavy atom. The molecule has 0 radical (unpaired) electrons. The molecule has 0 saturated carbocycles. The number of rotatable bonds is 7. The Hall–Kier alpha value is -0.800. The van der Waals surface area contributed by atoms with E-state index in [0.717, 1.165) is 32.5 Å². The lowest BCUT2D eigenvalue weighted by atomic mass is 9.89. The van der Waals surface area contributed by atoms with Crippen molar-refractivity contribution < 1.29 is 0 Å². The average Bonchev–Trinajstić information content (AvgIpc) is 2.65. The van der Waals surface area contributed by atoms with Crippen LogP contribution in [0.25, 0.3) is 0 Å². The number of nitrogens with one attached hydrogen (secondary N) is 2. The van der Waals surface area contributed by atoms with Crippen molar-refractivity contribution >= 4 is 0 Å². The van der Waals surface area contributed by atoms with Gasteiger partial charge >= 0.3 is 0 Å². The van der Waals surface area contributed by atoms with Gasteiger partial charge in [0.25, 0.3) is 0 Å². The summed E-state index contributed by atoms with van der Waals surface area (Å²) in [4.78, 5) is 3.20. The van der Waals surface area contributed by atoms with E-state index in [9.17, 15) is 0 Å². The second-order valence-corrected chi connectivity index (χ2v) is 4.83. The molecular formula is C12H23N3. The minimum absolute atomic E-state index is 0.310. The van der Waals surface area contributed by atoms with E-state index in [1.807, 2.05) is 12.3 Å². The third-order valence-electron chi connectivity index (χ3n) is 2.66. The summed E-state index contributed by atoms with van der Waals surface area (Å²) in [6, 6.07) is 4.15. The molecule has 15 heavy (non-hydrogen) atoms. The molecular weight excluding hydrogens is 186 g/mol. The van der Waals surface area contributed by atoms with Crippen LogP contribution >= 0.6 is 0 Å². The second-order valence-electron chi connectivity index (χ2n) is 4.83. The molecule has 0 saturated heterocycles. The molecule has 0 bridgehead atoms. The number of aromatic amines is 1. The number of hydrogen-bond acceptors (Lipinski definition) is 2. The second kappa shape index (κ2) is 5.93. The molecule has 0 aromatic carbocycles. The zero-order valence-corrected chi connectivity index (χ0v) is 9.84. The third-order valence-corrected chi connectivity index (χ3v) is 2.66. The molecule has 1 aromatic heterocycles. The van der Waals surface area contributed by atoms with E-state index in [2.05, 4.69) is 30.2 Å². The molecule has 0 aliphatic carbocycles. The van der Waals surface area contributed by atoms with E-state index in [1.165, 1.54) is 5.69 Å². The van der Waals surface area contributed by atoms with Crippen molar-refractivity contribution in [1.29, 1.82) is 0 Å². The van der Waals surface area contributed by atoms with Gasteiger partial charge in [-0.15, -0.1) is 0 Å². The summed E-state index contributed by atoms with van der Waals surface area (Å²) in [6.45, 7) is 7.33. The molecule has 0 amide bonds. The molecule has 1 heterocycles. The van der Waals surface area contributed by atoms with Gasteiger partial charge in [-0.25, -0.2) is 0 Å². The molecule has 3 nitrogen and oxygen atoms in total. The predicted molar refractivity (Wildman–Crippen MR) is 64.8 cm³/mol. The van der Waals surface area contributed by atoms with Gasteiger partial charge in [-0.3, -0.25) is 0 Å². The van der Waals surface area contributed by atoms with Crippen LogP contribution in [0.2, 0.25) is 0 Å². The molecule has 0 fully saturated rings. The summed E-state index contributed by atoms with van der Waals surface area (Å²) in [5.74, 6) is 0. The highest BCUT2D eigenvalue weighted by atomic mass is 14.9. The molecule has 0 aliphatic heterocycles. The lowest BCUT2D eigenvalue weighted by Gasteiger charge is -2.24. The van der Waals surface area contributed by atoms with Crippen molar-refractivity contribution in [3.05, 3.63) is 24.0 Å². The molecule has 4 N–H and O–H groups in total. The molecule has 1 aromatic rings. The van der Waals surface area contributed by atoms with Crippen molar-refractivity contribution in [3.8, 4) is 0 Å². The van der Waals surface area contributed by atoms with Gasteiger partial charge in [-0.05, 0) is 36.9 Å². The van der Waals surface area contributed by atoms with Crippen LogP contribution in [0.3, 0.4) is 0 Å². The van der Waals surface area contributed by atoms with Crippen LogP contribution in [-0.4, -0.2) is 24.6 Å². The highest BCUT2D eigenvalue weighted by Gasteiger charge is 2.15. The number of nitrogens with two attached hydrogens (primary N) is 1. The normalized spacial score (nSPS) is 11.9. The Morgan fingerprint density at radius 3 is 2.87 bits per heavy atom. The van der Waals surface area contributed by atoms with E-state index < -0.39 is 0 Å². The third kappa shape index (κ3) is 5.00. The van der Waals surface area contributed by atoms with Crippen molar-refractivity contribution in [1.82, 2.24) is 10.3 Å². The Bertz CT molecular complexity index is 252. The van der Waals surface area contributed by atoms with Crippen molar-refractivity contribution in [3.63, 3.8) is 0 Å². The summed E-state index contributed by atoms with van der Waals surface area (Å²) in [6.07, 6.45) is 4.10. The van der Waals surface area contributed by atoms with Gasteiger partial charge < -0.3 is 16.0 Å². The summed E-state index contributed by atoms with van der Waals surface area (Å²) in [7, 11) is 0. The molecule has 0 aliphatic rings. The lowest BCUT2D eigenvalue weighted by Crippen LogP contribution is -2.32.